The summed E-state index contributed by atoms with van der Waals surface area (Å²) in [6.07, 6.45) is -0.0112. The van der Waals surface area contributed by atoms with Crippen molar-refractivity contribution in [3.05, 3.63) is 88.5 Å². The van der Waals surface area contributed by atoms with Crippen molar-refractivity contribution in [3.63, 3.8) is 0 Å². The molecule has 1 aliphatic heterocycles. The van der Waals surface area contributed by atoms with E-state index in [1.165, 1.54) is 18.1 Å². The van der Waals surface area contributed by atoms with Gasteiger partial charge in [-0.3, -0.25) is 14.5 Å². The first-order valence-corrected chi connectivity index (χ1v) is 12.2. The standard InChI is InChI=1S/C29H29ClN2O5/c1-17(2)37-21-12-10-20(11-13-21)32-26(18-6-8-19(9-7-18)31(3)4)25(28(34)29(32)35)27(33)23-16-22(36-5)14-15-24(23)30/h6-17,26,33H,1-5H3/b27-25+. The number of benzene rings is 3. The molecule has 1 fully saturated rings. The van der Waals surface area contributed by atoms with E-state index in [9.17, 15) is 14.7 Å². The largest absolute Gasteiger partial charge is 0.507 e. The van der Waals surface area contributed by atoms with Crippen molar-refractivity contribution in [2.75, 3.05) is 31.0 Å². The zero-order valence-corrected chi connectivity index (χ0v) is 22.1. The summed E-state index contributed by atoms with van der Waals surface area (Å²) < 4.78 is 11.0. The van der Waals surface area contributed by atoms with E-state index >= 15 is 0 Å². The molecule has 1 N–H and O–H groups in total. The Morgan fingerprint density at radius 2 is 1.59 bits per heavy atom. The van der Waals surface area contributed by atoms with E-state index in [1.807, 2.05) is 57.1 Å². The average molecular weight is 521 g/mol. The predicted molar refractivity (Wildman–Crippen MR) is 146 cm³/mol. The molecule has 0 aromatic heterocycles. The molecule has 1 amide bonds. The van der Waals surface area contributed by atoms with Crippen LogP contribution in [0.25, 0.3) is 5.76 Å². The van der Waals surface area contributed by atoms with Gasteiger partial charge in [0.15, 0.2) is 0 Å². The molecule has 0 spiro atoms. The van der Waals surface area contributed by atoms with E-state index < -0.39 is 17.7 Å². The fourth-order valence-electron chi connectivity index (χ4n) is 4.28. The number of carbonyl (C=O) groups excluding carboxylic acids is 2. The van der Waals surface area contributed by atoms with Crippen LogP contribution in [0.3, 0.4) is 0 Å². The summed E-state index contributed by atoms with van der Waals surface area (Å²) in [5, 5.41) is 11.6. The number of rotatable bonds is 7. The summed E-state index contributed by atoms with van der Waals surface area (Å²) in [6, 6.07) is 18.3. The number of carbonyl (C=O) groups is 2. The van der Waals surface area contributed by atoms with Crippen molar-refractivity contribution in [2.24, 2.45) is 0 Å². The van der Waals surface area contributed by atoms with Gasteiger partial charge in [-0.15, -0.1) is 0 Å². The Bertz CT molecular complexity index is 1350. The maximum Gasteiger partial charge on any atom is 0.300 e. The van der Waals surface area contributed by atoms with Crippen molar-refractivity contribution in [2.45, 2.75) is 26.0 Å². The molecule has 1 unspecified atom stereocenters. The molecule has 8 heteroatoms. The second kappa shape index (κ2) is 10.6. The molecular formula is C29H29ClN2O5. The number of nitrogens with zero attached hydrogens (tertiary/aromatic N) is 2. The quantitative estimate of drug-likeness (QED) is 0.240. The number of amides is 1. The van der Waals surface area contributed by atoms with Crippen LogP contribution >= 0.6 is 11.6 Å². The molecule has 0 radical (unpaired) electrons. The van der Waals surface area contributed by atoms with Crippen LogP contribution in [0.1, 0.15) is 31.0 Å². The van der Waals surface area contributed by atoms with E-state index in [-0.39, 0.29) is 28.0 Å². The van der Waals surface area contributed by atoms with Crippen LogP contribution < -0.4 is 19.3 Å². The van der Waals surface area contributed by atoms with Crippen molar-refractivity contribution >= 4 is 40.4 Å². The zero-order valence-electron chi connectivity index (χ0n) is 21.4. The number of Topliss-reactive ketones (excluding diaryl/α,β-unsaturated/α-hetero) is 1. The van der Waals surface area contributed by atoms with Gasteiger partial charge in [0.25, 0.3) is 11.7 Å². The van der Waals surface area contributed by atoms with E-state index in [1.54, 1.807) is 36.4 Å². The van der Waals surface area contributed by atoms with Crippen molar-refractivity contribution in [1.82, 2.24) is 0 Å². The first-order chi connectivity index (χ1) is 17.6. The third-order valence-electron chi connectivity index (χ3n) is 6.08. The summed E-state index contributed by atoms with van der Waals surface area (Å²) in [7, 11) is 5.34. The summed E-state index contributed by atoms with van der Waals surface area (Å²) >= 11 is 6.39. The number of hydrogen-bond acceptors (Lipinski definition) is 6. The number of halogens is 1. The molecule has 0 aliphatic carbocycles. The lowest BCUT2D eigenvalue weighted by Gasteiger charge is -2.26. The molecule has 3 aromatic carbocycles. The van der Waals surface area contributed by atoms with Crippen molar-refractivity contribution in [1.29, 1.82) is 0 Å². The van der Waals surface area contributed by atoms with Gasteiger partial charge in [-0.25, -0.2) is 0 Å². The minimum atomic E-state index is -0.879. The average Bonchev–Trinajstić information content (AvgIpc) is 3.14. The lowest BCUT2D eigenvalue weighted by molar-refractivity contribution is -0.132. The molecule has 1 atom stereocenters. The molecule has 0 saturated carbocycles. The monoisotopic (exact) mass is 520 g/mol. The second-order valence-corrected chi connectivity index (χ2v) is 9.57. The minimum absolute atomic E-state index is 0.0112. The summed E-state index contributed by atoms with van der Waals surface area (Å²) in [6.45, 7) is 3.85. The molecule has 37 heavy (non-hydrogen) atoms. The normalized spacial score (nSPS) is 16.8. The SMILES string of the molecule is COc1ccc(Cl)c(/C(O)=C2\C(=O)C(=O)N(c3ccc(OC(C)C)cc3)C2c2ccc(N(C)C)cc2)c1. The molecule has 1 saturated heterocycles. The molecule has 3 aromatic rings. The van der Waals surface area contributed by atoms with Crippen LogP contribution in [0, 0.1) is 0 Å². The topological polar surface area (TPSA) is 79.3 Å². The van der Waals surface area contributed by atoms with Crippen LogP contribution in [0.5, 0.6) is 11.5 Å². The van der Waals surface area contributed by atoms with Gasteiger partial charge in [0.1, 0.15) is 17.3 Å². The van der Waals surface area contributed by atoms with Gasteiger partial charge in [-0.1, -0.05) is 23.7 Å². The number of anilines is 2. The van der Waals surface area contributed by atoms with Gasteiger partial charge in [0.05, 0.1) is 29.9 Å². The second-order valence-electron chi connectivity index (χ2n) is 9.16. The third-order valence-corrected chi connectivity index (χ3v) is 6.41. The van der Waals surface area contributed by atoms with Crippen molar-refractivity contribution < 1.29 is 24.2 Å². The van der Waals surface area contributed by atoms with Crippen molar-refractivity contribution in [3.8, 4) is 11.5 Å². The first-order valence-electron chi connectivity index (χ1n) is 11.8. The van der Waals surface area contributed by atoms with Crippen LogP contribution in [0.2, 0.25) is 5.02 Å². The van der Waals surface area contributed by atoms with Gasteiger partial charge < -0.3 is 19.5 Å². The van der Waals surface area contributed by atoms with Crippen LogP contribution in [0.15, 0.2) is 72.3 Å². The highest BCUT2D eigenvalue weighted by atomic mass is 35.5. The maximum atomic E-state index is 13.4. The lowest BCUT2D eigenvalue weighted by atomic mass is 9.94. The number of ketones is 1. The molecule has 1 aliphatic rings. The maximum absolute atomic E-state index is 13.4. The van der Waals surface area contributed by atoms with Gasteiger partial charge >= 0.3 is 0 Å². The van der Waals surface area contributed by atoms with E-state index in [2.05, 4.69) is 0 Å². The lowest BCUT2D eigenvalue weighted by Crippen LogP contribution is -2.29. The van der Waals surface area contributed by atoms with E-state index in [4.69, 9.17) is 21.1 Å². The Balaban J connectivity index is 1.90. The molecule has 192 valence electrons. The van der Waals surface area contributed by atoms with Crippen LogP contribution in [-0.4, -0.2) is 44.1 Å². The number of methoxy groups -OCH3 is 1. The van der Waals surface area contributed by atoms with Gasteiger partial charge in [-0.05, 0) is 74.0 Å². The fourth-order valence-corrected chi connectivity index (χ4v) is 4.49. The number of aliphatic hydroxyl groups is 1. The Kier molecular flexibility index (Phi) is 7.45. The Morgan fingerprint density at radius 1 is 0.973 bits per heavy atom. The molecular weight excluding hydrogens is 492 g/mol. The van der Waals surface area contributed by atoms with Gasteiger partial charge in [-0.2, -0.15) is 0 Å². The van der Waals surface area contributed by atoms with Crippen LogP contribution in [0.4, 0.5) is 11.4 Å². The molecule has 4 rings (SSSR count). The van der Waals surface area contributed by atoms with Gasteiger partial charge in [0.2, 0.25) is 0 Å². The van der Waals surface area contributed by atoms with E-state index in [0.717, 1.165) is 5.69 Å². The summed E-state index contributed by atoms with van der Waals surface area (Å²) in [5.41, 5.74) is 2.25. The van der Waals surface area contributed by atoms with Gasteiger partial charge in [0, 0.05) is 31.0 Å². The fraction of sp³-hybridized carbons (Fsp3) is 0.241. The van der Waals surface area contributed by atoms with Crippen LogP contribution in [-0.2, 0) is 9.59 Å². The van der Waals surface area contributed by atoms with E-state index in [0.29, 0.717) is 22.7 Å². The highest BCUT2D eigenvalue weighted by Gasteiger charge is 2.47. The molecule has 1 heterocycles. The molecule has 7 nitrogen and oxygen atoms in total. The Hall–Kier alpha value is -3.97. The highest BCUT2D eigenvalue weighted by molar-refractivity contribution is 6.52. The molecule has 0 bridgehead atoms. The minimum Gasteiger partial charge on any atom is -0.507 e. The highest BCUT2D eigenvalue weighted by Crippen LogP contribution is 2.44. The first kappa shape index (κ1) is 26.1. The number of aliphatic hydroxyl groups excluding tert-OH is 1. The Labute approximate surface area is 221 Å². The summed E-state index contributed by atoms with van der Waals surface area (Å²) in [4.78, 5) is 30.2. The smallest absolute Gasteiger partial charge is 0.300 e. The summed E-state index contributed by atoms with van der Waals surface area (Å²) in [5.74, 6) is -0.829. The zero-order chi connectivity index (χ0) is 26.9. The Morgan fingerprint density at radius 3 is 2.16 bits per heavy atom. The number of ether oxygens (including phenoxy) is 2. The third kappa shape index (κ3) is 5.13. The predicted octanol–water partition coefficient (Wildman–Crippen LogP) is 5.83. The number of hydrogen-bond donors (Lipinski definition) is 1.